The highest BCUT2D eigenvalue weighted by molar-refractivity contribution is 8.13. The van der Waals surface area contributed by atoms with Crippen LogP contribution in [0.4, 0.5) is 4.39 Å². The van der Waals surface area contributed by atoms with Crippen molar-refractivity contribution in [2.24, 2.45) is 0 Å². The fourth-order valence-corrected chi connectivity index (χ4v) is 2.94. The van der Waals surface area contributed by atoms with Crippen molar-refractivity contribution in [3.05, 3.63) is 60.4 Å². The molecule has 23 heavy (non-hydrogen) atoms. The number of rotatable bonds is 5. The van der Waals surface area contributed by atoms with Crippen LogP contribution < -0.4 is 4.74 Å². The topological polar surface area (TPSA) is 39.4 Å². The van der Waals surface area contributed by atoms with E-state index in [-0.39, 0.29) is 6.42 Å². The van der Waals surface area contributed by atoms with Gasteiger partial charge in [0.05, 0.1) is 7.11 Å². The summed E-state index contributed by atoms with van der Waals surface area (Å²) in [6.45, 7) is 0. The quantitative estimate of drug-likeness (QED) is 0.639. The number of para-hydroxylation sites is 1. The Morgan fingerprint density at radius 2 is 1.96 bits per heavy atom. The van der Waals surface area contributed by atoms with Crippen LogP contribution in [0.5, 0.6) is 5.75 Å². The summed E-state index contributed by atoms with van der Waals surface area (Å²) in [6, 6.07) is 16.2. The number of benzene rings is 2. The summed E-state index contributed by atoms with van der Waals surface area (Å²) in [4.78, 5) is 12.7. The first-order chi connectivity index (χ1) is 11.2. The van der Waals surface area contributed by atoms with Crippen molar-refractivity contribution in [3.8, 4) is 5.75 Å². The maximum atomic E-state index is 14.2. The Morgan fingerprint density at radius 1 is 1.22 bits per heavy atom. The Labute approximate surface area is 137 Å². The van der Waals surface area contributed by atoms with E-state index in [1.165, 1.54) is 0 Å². The molecule has 3 nitrogen and oxygen atoms in total. The average molecular weight is 330 g/mol. The van der Waals surface area contributed by atoms with E-state index in [4.69, 9.17) is 9.15 Å². The summed E-state index contributed by atoms with van der Waals surface area (Å²) in [5, 5.41) is 0.376. The van der Waals surface area contributed by atoms with Crippen molar-refractivity contribution >= 4 is 27.8 Å². The molecule has 0 saturated carbocycles. The summed E-state index contributed by atoms with van der Waals surface area (Å²) in [5.41, 5.74) is 0.699. The van der Waals surface area contributed by atoms with E-state index in [0.29, 0.717) is 22.0 Å². The molecule has 0 radical (unpaired) electrons. The van der Waals surface area contributed by atoms with Gasteiger partial charge in [0.1, 0.15) is 17.1 Å². The number of halogens is 1. The van der Waals surface area contributed by atoms with E-state index in [2.05, 4.69) is 0 Å². The predicted octanol–water partition coefficient (Wildman–Crippen LogP) is 4.64. The number of carbonyl (C=O) groups is 1. The number of ether oxygens (including phenoxy) is 1. The van der Waals surface area contributed by atoms with Gasteiger partial charge < -0.3 is 9.15 Å². The zero-order chi connectivity index (χ0) is 16.2. The molecular weight excluding hydrogens is 315 g/mol. The summed E-state index contributed by atoms with van der Waals surface area (Å²) in [5.74, 6) is 1.17. The minimum atomic E-state index is -1.61. The molecule has 1 unspecified atom stereocenters. The molecule has 3 aromatic rings. The van der Waals surface area contributed by atoms with Crippen molar-refractivity contribution in [1.82, 2.24) is 0 Å². The molecule has 0 aliphatic rings. The molecule has 1 aromatic heterocycles. The Morgan fingerprint density at radius 3 is 2.65 bits per heavy atom. The molecule has 1 atom stereocenters. The van der Waals surface area contributed by atoms with Gasteiger partial charge in [-0.1, -0.05) is 18.2 Å². The zero-order valence-electron chi connectivity index (χ0n) is 12.5. The number of methoxy groups -OCH3 is 1. The third-order valence-corrected chi connectivity index (χ3v) is 4.36. The fraction of sp³-hybridized carbons (Fsp3) is 0.167. The van der Waals surface area contributed by atoms with Crippen LogP contribution in [0.3, 0.4) is 0 Å². The third kappa shape index (κ3) is 3.74. The molecule has 118 valence electrons. The molecule has 3 rings (SSSR count). The lowest BCUT2D eigenvalue weighted by molar-refractivity contribution is -0.115. The highest BCUT2D eigenvalue weighted by atomic mass is 32.2. The van der Waals surface area contributed by atoms with Crippen molar-refractivity contribution in [3.63, 3.8) is 0 Å². The Bertz CT molecular complexity index is 778. The first kappa shape index (κ1) is 15.6. The number of fused-ring (bicyclic) bond motifs is 1. The molecule has 2 aromatic carbocycles. The molecule has 0 bridgehead atoms. The average Bonchev–Trinajstić information content (AvgIpc) is 2.97. The number of hydrogen-bond donors (Lipinski definition) is 0. The summed E-state index contributed by atoms with van der Waals surface area (Å²) in [7, 11) is 1.57. The zero-order valence-corrected chi connectivity index (χ0v) is 13.3. The Hall–Kier alpha value is -2.27. The van der Waals surface area contributed by atoms with Gasteiger partial charge in [0.15, 0.2) is 6.17 Å². The molecule has 5 heteroatoms. The van der Waals surface area contributed by atoms with E-state index in [0.717, 1.165) is 17.1 Å². The second-order valence-corrected chi connectivity index (χ2v) is 6.10. The van der Waals surface area contributed by atoms with Gasteiger partial charge in [0.2, 0.25) is 5.12 Å². The molecule has 1 heterocycles. The van der Waals surface area contributed by atoms with Gasteiger partial charge in [-0.2, -0.15) is 0 Å². The van der Waals surface area contributed by atoms with Gasteiger partial charge in [-0.15, -0.1) is 0 Å². The van der Waals surface area contributed by atoms with Crippen molar-refractivity contribution < 1.29 is 18.3 Å². The number of alkyl halides is 1. The van der Waals surface area contributed by atoms with Crippen LogP contribution in [-0.2, 0) is 11.2 Å². The second-order valence-electron chi connectivity index (χ2n) is 5.02. The number of carbonyl (C=O) groups excluding carboxylic acids is 1. The van der Waals surface area contributed by atoms with Crippen LogP contribution in [0.25, 0.3) is 11.0 Å². The second kappa shape index (κ2) is 6.87. The van der Waals surface area contributed by atoms with Crippen LogP contribution in [-0.4, -0.2) is 18.4 Å². The Balaban J connectivity index is 1.64. The molecule has 0 spiro atoms. The van der Waals surface area contributed by atoms with Crippen LogP contribution in [0, 0.1) is 0 Å². The molecule has 0 amide bonds. The lowest BCUT2D eigenvalue weighted by Crippen LogP contribution is -2.14. The first-order valence-electron chi connectivity index (χ1n) is 7.13. The molecule has 0 N–H and O–H groups in total. The summed E-state index contributed by atoms with van der Waals surface area (Å²) < 4.78 is 24.8. The lowest BCUT2D eigenvalue weighted by Gasteiger charge is -2.06. The summed E-state index contributed by atoms with van der Waals surface area (Å²) >= 11 is 0.886. The molecule has 0 aliphatic heterocycles. The van der Waals surface area contributed by atoms with E-state index >= 15 is 0 Å². The number of thioether (sulfide) groups is 1. The third-order valence-electron chi connectivity index (χ3n) is 3.39. The van der Waals surface area contributed by atoms with E-state index in [9.17, 15) is 9.18 Å². The monoisotopic (exact) mass is 330 g/mol. The van der Waals surface area contributed by atoms with Gasteiger partial charge in [-0.3, -0.25) is 4.79 Å². The predicted molar refractivity (Wildman–Crippen MR) is 88.7 cm³/mol. The fourth-order valence-electron chi connectivity index (χ4n) is 2.22. The van der Waals surface area contributed by atoms with Crippen molar-refractivity contribution in [1.29, 1.82) is 0 Å². The normalized spacial score (nSPS) is 12.3. The maximum absolute atomic E-state index is 14.2. The molecular formula is C18H15FO3S. The van der Waals surface area contributed by atoms with Crippen LogP contribution in [0.1, 0.15) is 5.76 Å². The highest BCUT2D eigenvalue weighted by Gasteiger charge is 2.21. The number of furan rings is 1. The molecule has 0 fully saturated rings. The van der Waals surface area contributed by atoms with Gasteiger partial charge >= 0.3 is 0 Å². The van der Waals surface area contributed by atoms with Crippen LogP contribution >= 0.6 is 11.8 Å². The van der Waals surface area contributed by atoms with Gasteiger partial charge in [-0.05, 0) is 48.2 Å². The lowest BCUT2D eigenvalue weighted by atomic mass is 10.2. The molecule has 0 aliphatic carbocycles. The highest BCUT2D eigenvalue weighted by Crippen LogP contribution is 2.26. The SMILES string of the molecule is COc1ccc(SC(=O)C(F)Cc2cc3ccccc3o2)cc1. The van der Waals surface area contributed by atoms with Gasteiger partial charge in [0.25, 0.3) is 0 Å². The van der Waals surface area contributed by atoms with Gasteiger partial charge in [0, 0.05) is 16.7 Å². The standard InChI is InChI=1S/C18H15FO3S/c1-21-13-6-8-15(9-7-13)23-18(20)16(19)11-14-10-12-4-2-3-5-17(12)22-14/h2-10,16H,11H2,1H3. The largest absolute Gasteiger partial charge is 0.497 e. The molecule has 0 saturated heterocycles. The smallest absolute Gasteiger partial charge is 0.228 e. The van der Waals surface area contributed by atoms with Crippen molar-refractivity contribution in [2.45, 2.75) is 17.5 Å². The first-order valence-corrected chi connectivity index (χ1v) is 7.94. The maximum Gasteiger partial charge on any atom is 0.228 e. The van der Waals surface area contributed by atoms with E-state index in [1.807, 2.05) is 24.3 Å². The summed E-state index contributed by atoms with van der Waals surface area (Å²) in [6.07, 6.45) is -1.67. The van der Waals surface area contributed by atoms with Crippen LogP contribution in [0.15, 0.2) is 63.9 Å². The van der Waals surface area contributed by atoms with Crippen molar-refractivity contribution in [2.75, 3.05) is 7.11 Å². The minimum Gasteiger partial charge on any atom is -0.497 e. The van der Waals surface area contributed by atoms with E-state index in [1.54, 1.807) is 37.4 Å². The van der Waals surface area contributed by atoms with Crippen LogP contribution in [0.2, 0.25) is 0 Å². The van der Waals surface area contributed by atoms with Gasteiger partial charge in [-0.25, -0.2) is 4.39 Å². The Kier molecular flexibility index (Phi) is 4.67. The minimum absolute atomic E-state index is 0.0589. The number of hydrogen-bond acceptors (Lipinski definition) is 4. The van der Waals surface area contributed by atoms with E-state index < -0.39 is 11.3 Å².